The Morgan fingerprint density at radius 3 is 3.11 bits per heavy atom. The quantitative estimate of drug-likeness (QED) is 0.487. The number of rotatable bonds is 0. The lowest BCUT2D eigenvalue weighted by molar-refractivity contribution is 0.241. The zero-order valence-electron chi connectivity index (χ0n) is 5.68. The van der Waals surface area contributed by atoms with E-state index in [0.29, 0.717) is 0 Å². The average Bonchev–Trinajstić information content (AvgIpc) is 1.92. The van der Waals surface area contributed by atoms with Gasteiger partial charge in [-0.15, -0.1) is 0 Å². The third-order valence-corrected chi connectivity index (χ3v) is 1.63. The van der Waals surface area contributed by atoms with Gasteiger partial charge < -0.3 is 9.05 Å². The first-order chi connectivity index (χ1) is 4.21. The Morgan fingerprint density at radius 1 is 1.56 bits per heavy atom. The van der Waals surface area contributed by atoms with Crippen LogP contribution < -0.4 is 0 Å². The topological polar surface area (TPSA) is 18.5 Å². The highest BCUT2D eigenvalue weighted by molar-refractivity contribution is 7.26. The van der Waals surface area contributed by atoms with Crippen LogP contribution in [0.15, 0.2) is 12.3 Å². The Hall–Kier alpha value is -0.0700. The molecule has 0 aliphatic carbocycles. The fourth-order valence-electron chi connectivity index (χ4n) is 0.544. The third kappa shape index (κ3) is 2.33. The molecule has 0 bridgehead atoms. The van der Waals surface area contributed by atoms with E-state index in [1.807, 2.05) is 6.08 Å². The Bertz CT molecular complexity index is 120. The monoisotopic (exact) mass is 146 g/mol. The van der Waals surface area contributed by atoms with Crippen molar-refractivity contribution in [1.82, 2.24) is 0 Å². The molecular weight excluding hydrogens is 135 g/mol. The van der Waals surface area contributed by atoms with Crippen molar-refractivity contribution in [1.29, 1.82) is 0 Å². The smallest absolute Gasteiger partial charge is 0.214 e. The molecule has 1 aliphatic rings. The van der Waals surface area contributed by atoms with Gasteiger partial charge in [-0.05, 0) is 6.08 Å². The lowest BCUT2D eigenvalue weighted by Gasteiger charge is -2.15. The zero-order chi connectivity index (χ0) is 6.74. The molecule has 0 amide bonds. The van der Waals surface area contributed by atoms with Crippen LogP contribution in [0.25, 0.3) is 0 Å². The van der Waals surface area contributed by atoms with Gasteiger partial charge in [0.1, 0.15) is 0 Å². The summed E-state index contributed by atoms with van der Waals surface area (Å²) in [6.45, 7) is 4.98. The van der Waals surface area contributed by atoms with Crippen molar-refractivity contribution in [2.75, 3.05) is 6.61 Å². The van der Waals surface area contributed by atoms with Crippen molar-refractivity contribution in [2.24, 2.45) is 5.41 Å². The average molecular weight is 146 g/mol. The molecule has 0 radical (unpaired) electrons. The summed E-state index contributed by atoms with van der Waals surface area (Å²) in [7, 11) is 0.175. The highest BCUT2D eigenvalue weighted by atomic mass is 31.1. The van der Waals surface area contributed by atoms with Gasteiger partial charge in [0.05, 0.1) is 12.9 Å². The van der Waals surface area contributed by atoms with E-state index in [9.17, 15) is 0 Å². The molecule has 2 nitrogen and oxygen atoms in total. The molecule has 1 atom stereocenters. The molecule has 0 aromatic heterocycles. The molecule has 0 spiro atoms. The minimum atomic E-state index is 0.142. The molecule has 1 aliphatic heterocycles. The highest BCUT2D eigenvalue weighted by Gasteiger charge is 2.15. The van der Waals surface area contributed by atoms with Gasteiger partial charge in [0.2, 0.25) is 9.03 Å². The van der Waals surface area contributed by atoms with Crippen molar-refractivity contribution < 1.29 is 9.05 Å². The molecule has 52 valence electrons. The van der Waals surface area contributed by atoms with Gasteiger partial charge in [0, 0.05) is 5.41 Å². The summed E-state index contributed by atoms with van der Waals surface area (Å²) in [4.78, 5) is 0. The van der Waals surface area contributed by atoms with Crippen molar-refractivity contribution in [3.63, 3.8) is 0 Å². The second-order valence-corrected chi connectivity index (χ2v) is 3.47. The fourth-order valence-corrected chi connectivity index (χ4v) is 1.17. The van der Waals surface area contributed by atoms with Gasteiger partial charge >= 0.3 is 0 Å². The SMILES string of the molecule is CC1(C)C=COPOC1. The van der Waals surface area contributed by atoms with E-state index in [2.05, 4.69) is 13.8 Å². The van der Waals surface area contributed by atoms with Crippen molar-refractivity contribution in [2.45, 2.75) is 13.8 Å². The number of hydrogen-bond acceptors (Lipinski definition) is 2. The molecule has 0 saturated heterocycles. The van der Waals surface area contributed by atoms with Gasteiger partial charge in [-0.25, -0.2) is 0 Å². The van der Waals surface area contributed by atoms with E-state index in [1.54, 1.807) is 6.26 Å². The van der Waals surface area contributed by atoms with Crippen molar-refractivity contribution in [3.8, 4) is 0 Å². The van der Waals surface area contributed by atoms with Gasteiger partial charge in [-0.3, -0.25) is 0 Å². The minimum Gasteiger partial charge on any atom is -0.458 e. The van der Waals surface area contributed by atoms with Crippen molar-refractivity contribution in [3.05, 3.63) is 12.3 Å². The second-order valence-electron chi connectivity index (χ2n) is 2.78. The number of hydrogen-bond donors (Lipinski definition) is 0. The third-order valence-electron chi connectivity index (χ3n) is 1.14. The minimum absolute atomic E-state index is 0.142. The van der Waals surface area contributed by atoms with E-state index in [4.69, 9.17) is 9.05 Å². The summed E-state index contributed by atoms with van der Waals surface area (Å²) in [6, 6.07) is 0. The van der Waals surface area contributed by atoms with Crippen LogP contribution in [0.1, 0.15) is 13.8 Å². The summed E-state index contributed by atoms with van der Waals surface area (Å²) in [5.41, 5.74) is 0.142. The van der Waals surface area contributed by atoms with Gasteiger partial charge in [-0.2, -0.15) is 0 Å². The lowest BCUT2D eigenvalue weighted by Crippen LogP contribution is -2.12. The van der Waals surface area contributed by atoms with Gasteiger partial charge in [0.25, 0.3) is 0 Å². The van der Waals surface area contributed by atoms with E-state index < -0.39 is 0 Å². The fraction of sp³-hybridized carbons (Fsp3) is 0.667. The van der Waals surface area contributed by atoms with Crippen LogP contribution in [0.4, 0.5) is 0 Å². The summed E-state index contributed by atoms with van der Waals surface area (Å²) < 4.78 is 10.1. The Balaban J connectivity index is 2.52. The van der Waals surface area contributed by atoms with Crippen LogP contribution >= 0.6 is 9.03 Å². The molecule has 0 aromatic carbocycles. The molecule has 0 N–H and O–H groups in total. The lowest BCUT2D eigenvalue weighted by atomic mass is 9.95. The molecule has 0 saturated carbocycles. The maximum Gasteiger partial charge on any atom is 0.214 e. The summed E-state index contributed by atoms with van der Waals surface area (Å²) in [5, 5.41) is 0. The molecule has 1 heterocycles. The summed E-state index contributed by atoms with van der Waals surface area (Å²) in [5.74, 6) is 0. The van der Waals surface area contributed by atoms with Crippen LogP contribution in [0.5, 0.6) is 0 Å². The maximum absolute atomic E-state index is 5.15. The normalized spacial score (nSPS) is 27.3. The predicted octanol–water partition coefficient (Wildman–Crippen LogP) is 2.08. The largest absolute Gasteiger partial charge is 0.458 e. The standard InChI is InChI=1S/C6H11O2P/c1-6(2)3-4-7-9-8-5-6/h3-4,9H,5H2,1-2H3. The first-order valence-corrected chi connectivity index (χ1v) is 3.72. The van der Waals surface area contributed by atoms with E-state index in [1.165, 1.54) is 0 Å². The molecule has 0 aromatic rings. The molecule has 0 fully saturated rings. The maximum atomic E-state index is 5.15. The zero-order valence-corrected chi connectivity index (χ0v) is 6.68. The molecule has 1 rings (SSSR count). The van der Waals surface area contributed by atoms with Crippen LogP contribution in [0.3, 0.4) is 0 Å². The van der Waals surface area contributed by atoms with Crippen LogP contribution in [-0.4, -0.2) is 6.61 Å². The summed E-state index contributed by atoms with van der Waals surface area (Å²) >= 11 is 0. The Morgan fingerprint density at radius 2 is 2.33 bits per heavy atom. The Kier molecular flexibility index (Phi) is 2.09. The van der Waals surface area contributed by atoms with Crippen LogP contribution in [0, 0.1) is 5.41 Å². The van der Waals surface area contributed by atoms with E-state index in [0.717, 1.165) is 6.61 Å². The second kappa shape index (κ2) is 2.68. The molecular formula is C6H11O2P. The first-order valence-electron chi connectivity index (χ1n) is 2.91. The van der Waals surface area contributed by atoms with Crippen molar-refractivity contribution >= 4 is 9.03 Å². The van der Waals surface area contributed by atoms with E-state index >= 15 is 0 Å². The molecule has 3 heteroatoms. The van der Waals surface area contributed by atoms with Gasteiger partial charge in [0.15, 0.2) is 0 Å². The first kappa shape index (κ1) is 7.04. The predicted molar refractivity (Wildman–Crippen MR) is 38.3 cm³/mol. The highest BCUT2D eigenvalue weighted by Crippen LogP contribution is 2.27. The molecule has 9 heavy (non-hydrogen) atoms. The summed E-state index contributed by atoms with van der Waals surface area (Å²) in [6.07, 6.45) is 3.73. The molecule has 1 unspecified atom stereocenters. The Labute approximate surface area is 57.2 Å². The van der Waals surface area contributed by atoms with Crippen LogP contribution in [0.2, 0.25) is 0 Å². The van der Waals surface area contributed by atoms with E-state index in [-0.39, 0.29) is 14.4 Å². The van der Waals surface area contributed by atoms with Gasteiger partial charge in [-0.1, -0.05) is 13.8 Å². The van der Waals surface area contributed by atoms with Crippen LogP contribution in [-0.2, 0) is 9.05 Å².